The van der Waals surface area contributed by atoms with E-state index in [-0.39, 0.29) is 13.4 Å². The molecule has 9 nitrogen and oxygen atoms in total. The van der Waals surface area contributed by atoms with Crippen LogP contribution in [0.25, 0.3) is 0 Å². The zero-order valence-corrected chi connectivity index (χ0v) is 17.6. The lowest BCUT2D eigenvalue weighted by molar-refractivity contribution is -0.195. The Hall–Kier alpha value is -3.33. The van der Waals surface area contributed by atoms with E-state index in [1.807, 2.05) is 18.2 Å². The Morgan fingerprint density at radius 1 is 0.871 bits per heavy atom. The molecule has 1 fully saturated rings. The highest BCUT2D eigenvalue weighted by molar-refractivity contribution is 5.80. The molecule has 3 aliphatic heterocycles. The molecule has 3 heterocycles. The maximum atomic E-state index is 12.9. The fourth-order valence-corrected chi connectivity index (χ4v) is 4.53. The third-order valence-corrected chi connectivity index (χ3v) is 5.99. The summed E-state index contributed by atoms with van der Waals surface area (Å²) in [5.74, 6) is 0.147. The minimum absolute atomic E-state index is 0.0260. The molecule has 0 spiro atoms. The predicted molar refractivity (Wildman–Crippen MR) is 105 cm³/mol. The van der Waals surface area contributed by atoms with Gasteiger partial charge in [0.2, 0.25) is 12.5 Å². The van der Waals surface area contributed by atoms with E-state index in [2.05, 4.69) is 0 Å². The summed E-state index contributed by atoms with van der Waals surface area (Å²) in [5, 5.41) is 0. The van der Waals surface area contributed by atoms with Crippen LogP contribution in [-0.2, 0) is 14.3 Å². The minimum atomic E-state index is -1.27. The van der Waals surface area contributed by atoms with Crippen LogP contribution < -0.4 is 28.4 Å². The molecule has 9 heteroatoms. The number of hydrogen-bond acceptors (Lipinski definition) is 9. The molecule has 164 valence electrons. The van der Waals surface area contributed by atoms with Gasteiger partial charge in [0.15, 0.2) is 29.6 Å². The Kier molecular flexibility index (Phi) is 4.51. The van der Waals surface area contributed by atoms with E-state index in [0.717, 1.165) is 11.1 Å². The minimum Gasteiger partial charge on any atom is -0.493 e. The van der Waals surface area contributed by atoms with E-state index in [9.17, 15) is 4.79 Å². The van der Waals surface area contributed by atoms with Crippen LogP contribution in [0.15, 0.2) is 24.3 Å². The van der Waals surface area contributed by atoms with Crippen LogP contribution in [0.5, 0.6) is 34.5 Å². The third-order valence-electron chi connectivity index (χ3n) is 5.99. The predicted octanol–water partition coefficient (Wildman–Crippen LogP) is 2.48. The van der Waals surface area contributed by atoms with Gasteiger partial charge in [-0.05, 0) is 23.8 Å². The largest absolute Gasteiger partial charge is 0.493 e. The summed E-state index contributed by atoms with van der Waals surface area (Å²) < 4.78 is 44.9. The van der Waals surface area contributed by atoms with E-state index in [1.165, 1.54) is 14.2 Å². The average molecular weight is 430 g/mol. The van der Waals surface area contributed by atoms with Crippen molar-refractivity contribution >= 4 is 5.97 Å². The first-order valence-corrected chi connectivity index (χ1v) is 9.69. The van der Waals surface area contributed by atoms with E-state index in [0.29, 0.717) is 34.5 Å². The van der Waals surface area contributed by atoms with Gasteiger partial charge in [-0.25, -0.2) is 0 Å². The summed E-state index contributed by atoms with van der Waals surface area (Å²) in [5.41, 5.74) is 1.50. The number of carbonyl (C=O) groups is 1. The molecule has 2 aromatic rings. The molecule has 0 N–H and O–H groups in total. The molecule has 31 heavy (non-hydrogen) atoms. The number of benzene rings is 2. The molecule has 0 bridgehead atoms. The van der Waals surface area contributed by atoms with Crippen molar-refractivity contribution in [1.82, 2.24) is 0 Å². The molecular weight excluding hydrogens is 408 g/mol. The molecule has 2 aromatic carbocycles. The van der Waals surface area contributed by atoms with Crippen LogP contribution >= 0.6 is 0 Å². The average Bonchev–Trinajstić information content (AvgIpc) is 3.39. The Balaban J connectivity index is 1.76. The summed E-state index contributed by atoms with van der Waals surface area (Å²) in [7, 11) is 6.12. The molecule has 0 aromatic heterocycles. The standard InChI is InChI=1S/C22H22O9/c1-24-16-5-11(6-17(25-2)20(16)26-3)18-12-7-14-15(30-10-29-14)8-13(12)31-22(27-4)9-28-21(23)19(18)22/h5-8,18-19H,9-10H2,1-4H3/t18-,19-,22-/m0/s1. The first kappa shape index (κ1) is 19.6. The summed E-state index contributed by atoms with van der Waals surface area (Å²) in [4.78, 5) is 12.9. The molecule has 0 saturated carbocycles. The number of hydrogen-bond donors (Lipinski definition) is 0. The van der Waals surface area contributed by atoms with Crippen LogP contribution in [0.4, 0.5) is 0 Å². The second kappa shape index (κ2) is 7.12. The van der Waals surface area contributed by atoms with Gasteiger partial charge in [-0.1, -0.05) is 0 Å². The highest BCUT2D eigenvalue weighted by Gasteiger charge is 2.61. The van der Waals surface area contributed by atoms with Crippen LogP contribution in [0.2, 0.25) is 0 Å². The van der Waals surface area contributed by atoms with Crippen molar-refractivity contribution in [2.75, 3.05) is 41.8 Å². The Morgan fingerprint density at radius 3 is 2.16 bits per heavy atom. The highest BCUT2D eigenvalue weighted by Crippen LogP contribution is 2.56. The molecule has 0 amide bonds. The first-order valence-electron chi connectivity index (χ1n) is 9.69. The van der Waals surface area contributed by atoms with E-state index >= 15 is 0 Å². The number of rotatable bonds is 5. The lowest BCUT2D eigenvalue weighted by atomic mass is 9.75. The topological polar surface area (TPSA) is 90.9 Å². The molecule has 5 rings (SSSR count). The summed E-state index contributed by atoms with van der Waals surface area (Å²) in [6.45, 7) is 0.0930. The van der Waals surface area contributed by atoms with Crippen molar-refractivity contribution in [1.29, 1.82) is 0 Å². The van der Waals surface area contributed by atoms with Crippen molar-refractivity contribution < 1.29 is 42.7 Å². The Labute approximate surface area is 178 Å². The van der Waals surface area contributed by atoms with Crippen molar-refractivity contribution in [2.24, 2.45) is 5.92 Å². The molecule has 3 atom stereocenters. The molecule has 1 saturated heterocycles. The first-order chi connectivity index (χ1) is 15.0. The van der Waals surface area contributed by atoms with Gasteiger partial charge in [0.05, 0.1) is 21.3 Å². The fraction of sp³-hybridized carbons (Fsp3) is 0.409. The van der Waals surface area contributed by atoms with Gasteiger partial charge in [-0.3, -0.25) is 4.79 Å². The van der Waals surface area contributed by atoms with Crippen LogP contribution in [-0.4, -0.2) is 53.6 Å². The lowest BCUT2D eigenvalue weighted by Gasteiger charge is -2.41. The second-order valence-electron chi connectivity index (χ2n) is 7.38. The van der Waals surface area contributed by atoms with Crippen molar-refractivity contribution in [2.45, 2.75) is 11.7 Å². The van der Waals surface area contributed by atoms with E-state index in [1.54, 1.807) is 20.3 Å². The summed E-state index contributed by atoms with van der Waals surface area (Å²) in [6.07, 6.45) is 0. The molecule has 0 aliphatic carbocycles. The number of ether oxygens (including phenoxy) is 8. The van der Waals surface area contributed by atoms with Gasteiger partial charge < -0.3 is 37.9 Å². The SMILES string of the molecule is COc1cc([C@H]2c3cc4c(cc3O[C@@]3(OC)COC(=O)[C@H]23)OCO4)cc(OC)c1OC. The zero-order valence-electron chi connectivity index (χ0n) is 17.6. The number of fused-ring (bicyclic) bond motifs is 3. The maximum Gasteiger partial charge on any atom is 0.317 e. The van der Waals surface area contributed by atoms with Gasteiger partial charge in [0, 0.05) is 24.7 Å². The number of cyclic esters (lactones) is 1. The molecule has 0 unspecified atom stereocenters. The van der Waals surface area contributed by atoms with Crippen LogP contribution in [0.3, 0.4) is 0 Å². The number of carbonyl (C=O) groups excluding carboxylic acids is 1. The van der Waals surface area contributed by atoms with Crippen LogP contribution in [0.1, 0.15) is 17.0 Å². The zero-order chi connectivity index (χ0) is 21.8. The molecular formula is C22H22O9. The van der Waals surface area contributed by atoms with Crippen molar-refractivity contribution in [3.63, 3.8) is 0 Å². The third kappa shape index (κ3) is 2.76. The number of esters is 1. The summed E-state index contributed by atoms with van der Waals surface area (Å²) >= 11 is 0. The Bertz CT molecular complexity index is 1020. The van der Waals surface area contributed by atoms with Gasteiger partial charge in [0.1, 0.15) is 11.7 Å². The van der Waals surface area contributed by atoms with Gasteiger partial charge in [-0.15, -0.1) is 0 Å². The Morgan fingerprint density at radius 2 is 1.55 bits per heavy atom. The molecule has 3 aliphatic rings. The van der Waals surface area contributed by atoms with Gasteiger partial charge in [-0.2, -0.15) is 0 Å². The molecule has 0 radical (unpaired) electrons. The second-order valence-corrected chi connectivity index (χ2v) is 7.38. The van der Waals surface area contributed by atoms with Gasteiger partial charge in [0.25, 0.3) is 5.79 Å². The lowest BCUT2D eigenvalue weighted by Crippen LogP contribution is -2.51. The van der Waals surface area contributed by atoms with E-state index < -0.39 is 23.6 Å². The maximum absolute atomic E-state index is 12.9. The van der Waals surface area contributed by atoms with E-state index in [4.69, 9.17) is 37.9 Å². The quantitative estimate of drug-likeness (QED) is 0.664. The van der Waals surface area contributed by atoms with Crippen molar-refractivity contribution in [3.8, 4) is 34.5 Å². The smallest absolute Gasteiger partial charge is 0.317 e. The number of methoxy groups -OCH3 is 4. The van der Waals surface area contributed by atoms with Crippen LogP contribution in [0, 0.1) is 5.92 Å². The fourth-order valence-electron chi connectivity index (χ4n) is 4.53. The van der Waals surface area contributed by atoms with Crippen molar-refractivity contribution in [3.05, 3.63) is 35.4 Å². The normalized spacial score (nSPS) is 25.2. The summed E-state index contributed by atoms with van der Waals surface area (Å²) in [6, 6.07) is 7.22. The monoisotopic (exact) mass is 430 g/mol. The highest BCUT2D eigenvalue weighted by atomic mass is 16.7. The van der Waals surface area contributed by atoms with Gasteiger partial charge >= 0.3 is 5.97 Å².